The number of nitrogens with two attached hydrogens (primary N) is 1. The second-order valence-electron chi connectivity index (χ2n) is 4.80. The number of nitrogens with zero attached hydrogens (tertiary/aromatic N) is 2. The summed E-state index contributed by atoms with van der Waals surface area (Å²) in [4.78, 5) is 28.0. The third kappa shape index (κ3) is 3.68. The van der Waals surface area contributed by atoms with Gasteiger partial charge >= 0.3 is 0 Å². The minimum atomic E-state index is -0.321. The number of nitrogens with one attached hydrogen (secondary N) is 1. The lowest BCUT2D eigenvalue weighted by molar-refractivity contribution is -0.116. The Morgan fingerprint density at radius 1 is 1.33 bits per heavy atom. The maximum absolute atomic E-state index is 12.0. The van der Waals surface area contributed by atoms with Gasteiger partial charge in [-0.15, -0.1) is 0 Å². The van der Waals surface area contributed by atoms with E-state index in [1.54, 1.807) is 12.1 Å². The van der Waals surface area contributed by atoms with Gasteiger partial charge in [0.1, 0.15) is 6.54 Å². The van der Waals surface area contributed by atoms with Crippen LogP contribution in [-0.4, -0.2) is 15.5 Å². The van der Waals surface area contributed by atoms with Crippen molar-refractivity contribution in [3.8, 4) is 0 Å². The van der Waals surface area contributed by atoms with E-state index in [0.717, 1.165) is 10.1 Å². The fourth-order valence-corrected chi connectivity index (χ4v) is 1.89. The number of rotatable bonds is 4. The van der Waals surface area contributed by atoms with Crippen LogP contribution in [0.5, 0.6) is 0 Å². The van der Waals surface area contributed by atoms with Gasteiger partial charge in [-0.05, 0) is 25.5 Å². The van der Waals surface area contributed by atoms with E-state index < -0.39 is 0 Å². The molecule has 6 nitrogen and oxygen atoms in total. The van der Waals surface area contributed by atoms with Crippen LogP contribution in [0.4, 0.5) is 11.6 Å². The van der Waals surface area contributed by atoms with E-state index in [1.807, 2.05) is 26.0 Å². The van der Waals surface area contributed by atoms with Crippen molar-refractivity contribution < 1.29 is 4.79 Å². The monoisotopic (exact) mass is 286 g/mol. The van der Waals surface area contributed by atoms with E-state index in [1.165, 1.54) is 6.07 Å². The molecule has 0 aliphatic heterocycles. The molecular formula is C15H18N4O2. The normalized spacial score (nSPS) is 10.4. The minimum absolute atomic E-state index is 0.0541. The molecule has 1 heterocycles. The van der Waals surface area contributed by atoms with E-state index in [0.29, 0.717) is 17.8 Å². The zero-order chi connectivity index (χ0) is 15.4. The third-order valence-electron chi connectivity index (χ3n) is 3.09. The lowest BCUT2D eigenvalue weighted by atomic mass is 10.2. The summed E-state index contributed by atoms with van der Waals surface area (Å²) >= 11 is 0. The largest absolute Gasteiger partial charge is 0.369 e. The van der Waals surface area contributed by atoms with Crippen molar-refractivity contribution in [1.82, 2.24) is 9.55 Å². The molecule has 0 saturated carbocycles. The molecule has 1 amide bonds. The first-order valence-electron chi connectivity index (χ1n) is 6.72. The Hall–Kier alpha value is -2.63. The van der Waals surface area contributed by atoms with Crippen molar-refractivity contribution in [3.05, 3.63) is 51.9 Å². The highest BCUT2D eigenvalue weighted by Crippen LogP contribution is 2.08. The summed E-state index contributed by atoms with van der Waals surface area (Å²) in [7, 11) is 0. The number of anilines is 2. The van der Waals surface area contributed by atoms with Gasteiger partial charge in [-0.3, -0.25) is 14.2 Å². The Kier molecular flexibility index (Phi) is 4.37. The van der Waals surface area contributed by atoms with Gasteiger partial charge in [0.25, 0.3) is 5.56 Å². The molecule has 0 aliphatic rings. The van der Waals surface area contributed by atoms with Crippen molar-refractivity contribution >= 4 is 17.5 Å². The van der Waals surface area contributed by atoms with Crippen LogP contribution in [0.2, 0.25) is 0 Å². The molecule has 0 radical (unpaired) electrons. The number of amides is 1. The van der Waals surface area contributed by atoms with Gasteiger partial charge in [0, 0.05) is 17.4 Å². The van der Waals surface area contributed by atoms with Gasteiger partial charge in [-0.2, -0.15) is 0 Å². The lowest BCUT2D eigenvalue weighted by Gasteiger charge is -2.10. The van der Waals surface area contributed by atoms with Crippen LogP contribution in [0, 0.1) is 6.92 Å². The number of carbonyl (C=O) groups excluding carboxylic acids is 1. The summed E-state index contributed by atoms with van der Waals surface area (Å²) in [5, 5.41) is 2.72. The molecule has 0 atom stereocenters. The van der Waals surface area contributed by atoms with Crippen LogP contribution in [-0.2, 0) is 17.8 Å². The molecule has 0 unspecified atom stereocenters. The van der Waals surface area contributed by atoms with Gasteiger partial charge in [-0.25, -0.2) is 4.98 Å². The van der Waals surface area contributed by atoms with Gasteiger partial charge in [0.2, 0.25) is 11.9 Å². The van der Waals surface area contributed by atoms with Crippen molar-refractivity contribution in [2.24, 2.45) is 0 Å². The van der Waals surface area contributed by atoms with Crippen LogP contribution in [0.3, 0.4) is 0 Å². The minimum Gasteiger partial charge on any atom is -0.369 e. The van der Waals surface area contributed by atoms with Crippen LogP contribution in [0.15, 0.2) is 35.1 Å². The van der Waals surface area contributed by atoms with Crippen LogP contribution in [0.25, 0.3) is 0 Å². The van der Waals surface area contributed by atoms with E-state index in [-0.39, 0.29) is 24.0 Å². The Morgan fingerprint density at radius 3 is 2.57 bits per heavy atom. The molecule has 21 heavy (non-hydrogen) atoms. The smallest absolute Gasteiger partial charge is 0.255 e. The third-order valence-corrected chi connectivity index (χ3v) is 3.09. The number of nitrogen functional groups attached to an aromatic ring is 1. The fourth-order valence-electron chi connectivity index (χ4n) is 1.89. The molecule has 2 rings (SSSR count). The topological polar surface area (TPSA) is 90.0 Å². The number of benzene rings is 1. The quantitative estimate of drug-likeness (QED) is 0.887. The average Bonchev–Trinajstić information content (AvgIpc) is 2.45. The van der Waals surface area contributed by atoms with E-state index >= 15 is 0 Å². The first-order valence-corrected chi connectivity index (χ1v) is 6.72. The molecule has 1 aromatic heterocycles. The Morgan fingerprint density at radius 2 is 2.00 bits per heavy atom. The molecule has 0 spiro atoms. The van der Waals surface area contributed by atoms with E-state index in [2.05, 4.69) is 10.3 Å². The molecule has 2 aromatic rings. The standard InChI is InChI=1S/C15H18N4O2/c1-3-11-8-14(21)19(15(16)18-11)9-13(20)17-12-6-4-10(2)5-7-12/h4-8H,3,9H2,1-2H3,(H2,16,18)(H,17,20). The van der Waals surface area contributed by atoms with Gasteiger partial charge < -0.3 is 11.1 Å². The summed E-state index contributed by atoms with van der Waals surface area (Å²) in [5.41, 5.74) is 7.81. The number of hydrogen-bond donors (Lipinski definition) is 2. The fraction of sp³-hybridized carbons (Fsp3) is 0.267. The van der Waals surface area contributed by atoms with Gasteiger partial charge in [-0.1, -0.05) is 24.6 Å². The predicted octanol–water partition coefficient (Wildman–Crippen LogP) is 1.34. The zero-order valence-corrected chi connectivity index (χ0v) is 12.1. The summed E-state index contributed by atoms with van der Waals surface area (Å²) < 4.78 is 1.16. The number of aryl methyl sites for hydroxylation is 2. The Bertz CT molecular complexity index is 705. The second-order valence-corrected chi connectivity index (χ2v) is 4.80. The molecule has 3 N–H and O–H groups in total. The molecule has 0 aliphatic carbocycles. The van der Waals surface area contributed by atoms with E-state index in [9.17, 15) is 9.59 Å². The Labute approximate surface area is 122 Å². The molecule has 0 fully saturated rings. The number of aromatic nitrogens is 2. The lowest BCUT2D eigenvalue weighted by Crippen LogP contribution is -2.30. The van der Waals surface area contributed by atoms with Crippen molar-refractivity contribution in [3.63, 3.8) is 0 Å². The molecule has 110 valence electrons. The highest BCUT2D eigenvalue weighted by atomic mass is 16.2. The highest BCUT2D eigenvalue weighted by molar-refractivity contribution is 5.90. The molecule has 0 bridgehead atoms. The number of hydrogen-bond acceptors (Lipinski definition) is 4. The van der Waals surface area contributed by atoms with Gasteiger partial charge in [0.05, 0.1) is 0 Å². The van der Waals surface area contributed by atoms with Crippen LogP contribution >= 0.6 is 0 Å². The predicted molar refractivity (Wildman–Crippen MR) is 82.1 cm³/mol. The summed E-state index contributed by atoms with van der Waals surface area (Å²) in [6.07, 6.45) is 0.621. The van der Waals surface area contributed by atoms with E-state index in [4.69, 9.17) is 5.73 Å². The highest BCUT2D eigenvalue weighted by Gasteiger charge is 2.10. The second kappa shape index (κ2) is 6.21. The molecule has 1 aromatic carbocycles. The van der Waals surface area contributed by atoms with Crippen LogP contribution in [0.1, 0.15) is 18.2 Å². The number of carbonyl (C=O) groups is 1. The van der Waals surface area contributed by atoms with Crippen molar-refractivity contribution in [1.29, 1.82) is 0 Å². The zero-order valence-electron chi connectivity index (χ0n) is 12.1. The maximum atomic E-state index is 12.0. The summed E-state index contributed by atoms with van der Waals surface area (Å²) in [6, 6.07) is 8.80. The van der Waals surface area contributed by atoms with Crippen LogP contribution < -0.4 is 16.6 Å². The summed E-state index contributed by atoms with van der Waals surface area (Å²) in [6.45, 7) is 3.69. The maximum Gasteiger partial charge on any atom is 0.255 e. The molecule has 6 heteroatoms. The molecule has 0 saturated heterocycles. The van der Waals surface area contributed by atoms with Crippen molar-refractivity contribution in [2.45, 2.75) is 26.8 Å². The SMILES string of the molecule is CCc1cc(=O)n(CC(=O)Nc2ccc(C)cc2)c(N)n1. The first kappa shape index (κ1) is 14.8. The molecular weight excluding hydrogens is 268 g/mol. The average molecular weight is 286 g/mol. The van der Waals surface area contributed by atoms with Gasteiger partial charge in [0.15, 0.2) is 0 Å². The summed E-state index contributed by atoms with van der Waals surface area (Å²) in [5.74, 6) is -0.267. The Balaban J connectivity index is 2.13. The first-order chi connectivity index (χ1) is 9.99. The van der Waals surface area contributed by atoms with Crippen molar-refractivity contribution in [2.75, 3.05) is 11.1 Å².